The fraction of sp³-hybridized carbons (Fsp3) is 0.462. The molecule has 5 heteroatoms. The number of ketones is 1. The van der Waals surface area contributed by atoms with Gasteiger partial charge in [0.1, 0.15) is 5.82 Å². The monoisotopic (exact) mass is 274 g/mol. The normalized spacial score (nSPS) is 10.9. The van der Waals surface area contributed by atoms with Crippen molar-refractivity contribution in [1.82, 2.24) is 0 Å². The van der Waals surface area contributed by atoms with Crippen LogP contribution in [0.15, 0.2) is 18.2 Å². The highest BCUT2D eigenvalue weighted by molar-refractivity contribution is 6.33. The van der Waals surface area contributed by atoms with Gasteiger partial charge < -0.3 is 9.47 Å². The molecule has 0 saturated carbocycles. The molecule has 0 aliphatic rings. The summed E-state index contributed by atoms with van der Waals surface area (Å²) in [4.78, 5) is 12.0. The molecule has 0 saturated heterocycles. The Hall–Kier alpha value is -0.970. The molecule has 1 rings (SSSR count). The molecule has 1 aromatic rings. The van der Waals surface area contributed by atoms with Gasteiger partial charge >= 0.3 is 0 Å². The number of rotatable bonds is 7. The van der Waals surface area contributed by atoms with E-state index in [1.165, 1.54) is 12.1 Å². The molecule has 0 aliphatic carbocycles. The highest BCUT2D eigenvalue weighted by Crippen LogP contribution is 2.20. The van der Waals surface area contributed by atoms with Crippen LogP contribution in [-0.2, 0) is 9.47 Å². The van der Waals surface area contributed by atoms with E-state index < -0.39 is 12.1 Å². The summed E-state index contributed by atoms with van der Waals surface area (Å²) in [6.07, 6.45) is -0.527. The van der Waals surface area contributed by atoms with Crippen LogP contribution in [0, 0.1) is 5.82 Å². The van der Waals surface area contributed by atoms with Crippen LogP contribution in [0.1, 0.15) is 30.6 Å². The van der Waals surface area contributed by atoms with Crippen molar-refractivity contribution in [3.8, 4) is 0 Å². The number of carbonyl (C=O) groups is 1. The molecule has 0 aromatic heterocycles. The molecule has 1 aromatic carbocycles. The zero-order valence-corrected chi connectivity index (χ0v) is 11.2. The van der Waals surface area contributed by atoms with Crippen LogP contribution in [0.2, 0.25) is 5.02 Å². The van der Waals surface area contributed by atoms with Crippen LogP contribution in [0.5, 0.6) is 0 Å². The lowest BCUT2D eigenvalue weighted by Gasteiger charge is -2.16. The summed E-state index contributed by atoms with van der Waals surface area (Å²) in [7, 11) is 0. The van der Waals surface area contributed by atoms with Gasteiger partial charge in [-0.2, -0.15) is 0 Å². The van der Waals surface area contributed by atoms with E-state index in [9.17, 15) is 9.18 Å². The molecule has 0 bridgehead atoms. The van der Waals surface area contributed by atoms with Gasteiger partial charge in [-0.05, 0) is 32.0 Å². The topological polar surface area (TPSA) is 35.5 Å². The molecule has 0 amide bonds. The molecule has 0 aliphatic heterocycles. The smallest absolute Gasteiger partial charge is 0.169 e. The van der Waals surface area contributed by atoms with Crippen molar-refractivity contribution in [1.29, 1.82) is 0 Å². The van der Waals surface area contributed by atoms with Crippen LogP contribution in [0.3, 0.4) is 0 Å². The molecule has 100 valence electrons. The molecule has 0 radical (unpaired) electrons. The average Bonchev–Trinajstić information content (AvgIpc) is 2.29. The summed E-state index contributed by atoms with van der Waals surface area (Å²) in [5, 5.41) is 0.103. The molecule has 3 nitrogen and oxygen atoms in total. The third kappa shape index (κ3) is 4.37. The molecule has 0 atom stereocenters. The summed E-state index contributed by atoms with van der Waals surface area (Å²) in [5.41, 5.74) is 0.280. The first-order valence-electron chi connectivity index (χ1n) is 5.79. The number of hydrogen-bond acceptors (Lipinski definition) is 3. The molecule has 0 spiro atoms. The lowest BCUT2D eigenvalue weighted by molar-refractivity contribution is -0.133. The number of carbonyl (C=O) groups excluding carboxylic acids is 1. The Bertz CT molecular complexity index is 403. The highest BCUT2D eigenvalue weighted by Gasteiger charge is 2.18. The van der Waals surface area contributed by atoms with Gasteiger partial charge in [0.25, 0.3) is 0 Å². The quantitative estimate of drug-likeness (QED) is 0.564. The molecular weight excluding hydrogens is 259 g/mol. The van der Waals surface area contributed by atoms with Gasteiger partial charge in [-0.1, -0.05) is 11.6 Å². The molecule has 0 N–H and O–H groups in total. The van der Waals surface area contributed by atoms with Crippen molar-refractivity contribution < 1.29 is 18.7 Å². The van der Waals surface area contributed by atoms with E-state index in [0.717, 1.165) is 6.07 Å². The van der Waals surface area contributed by atoms with E-state index in [1.807, 2.05) is 13.8 Å². The van der Waals surface area contributed by atoms with Crippen LogP contribution in [-0.4, -0.2) is 25.3 Å². The van der Waals surface area contributed by atoms with Crippen molar-refractivity contribution >= 4 is 17.4 Å². The van der Waals surface area contributed by atoms with E-state index in [4.69, 9.17) is 21.1 Å². The zero-order valence-electron chi connectivity index (χ0n) is 10.4. The van der Waals surface area contributed by atoms with Gasteiger partial charge in [0.05, 0.1) is 11.4 Å². The SMILES string of the molecule is CCOC(CC(=O)c1ccc(F)cc1Cl)OCC. The largest absolute Gasteiger partial charge is 0.352 e. The van der Waals surface area contributed by atoms with E-state index in [-0.39, 0.29) is 22.8 Å². The minimum absolute atomic E-state index is 0.0625. The van der Waals surface area contributed by atoms with Gasteiger partial charge in [0.15, 0.2) is 12.1 Å². The second-order valence-electron chi connectivity index (χ2n) is 3.59. The second kappa shape index (κ2) is 7.46. The summed E-state index contributed by atoms with van der Waals surface area (Å²) >= 11 is 5.82. The van der Waals surface area contributed by atoms with Gasteiger partial charge in [-0.25, -0.2) is 4.39 Å². The minimum Gasteiger partial charge on any atom is -0.352 e. The van der Waals surface area contributed by atoms with Crippen LogP contribution >= 0.6 is 11.6 Å². The lowest BCUT2D eigenvalue weighted by atomic mass is 10.1. The Kier molecular flexibility index (Phi) is 6.25. The first-order valence-corrected chi connectivity index (χ1v) is 6.17. The maximum atomic E-state index is 12.9. The van der Waals surface area contributed by atoms with Crippen LogP contribution in [0.4, 0.5) is 4.39 Å². The number of hydrogen-bond donors (Lipinski definition) is 0. The molecular formula is C13H16ClFO3. The first kappa shape index (κ1) is 15.1. The lowest BCUT2D eigenvalue weighted by Crippen LogP contribution is -2.21. The predicted octanol–water partition coefficient (Wildman–Crippen LogP) is 3.45. The van der Waals surface area contributed by atoms with Gasteiger partial charge in [-0.3, -0.25) is 4.79 Å². The van der Waals surface area contributed by atoms with Gasteiger partial charge in [0.2, 0.25) is 0 Å². The fourth-order valence-corrected chi connectivity index (χ4v) is 1.79. The Morgan fingerprint density at radius 3 is 2.44 bits per heavy atom. The fourth-order valence-electron chi connectivity index (χ4n) is 1.51. The summed E-state index contributed by atoms with van der Waals surface area (Å²) in [6, 6.07) is 3.69. The third-order valence-electron chi connectivity index (χ3n) is 2.29. The maximum Gasteiger partial charge on any atom is 0.169 e. The van der Waals surface area contributed by atoms with Crippen molar-refractivity contribution in [2.75, 3.05) is 13.2 Å². The van der Waals surface area contributed by atoms with E-state index in [0.29, 0.717) is 13.2 Å². The number of Topliss-reactive ketones (excluding diaryl/α,β-unsaturated/α-hetero) is 1. The van der Waals surface area contributed by atoms with E-state index >= 15 is 0 Å². The predicted molar refractivity (Wildman–Crippen MR) is 67.4 cm³/mol. The standard InChI is InChI=1S/C13H16ClFO3/c1-3-17-13(18-4-2)8-12(16)10-6-5-9(15)7-11(10)14/h5-7,13H,3-4,8H2,1-2H3. The van der Waals surface area contributed by atoms with E-state index in [1.54, 1.807) is 0 Å². The Morgan fingerprint density at radius 2 is 1.94 bits per heavy atom. The second-order valence-corrected chi connectivity index (χ2v) is 4.00. The molecule has 0 fully saturated rings. The number of ether oxygens (including phenoxy) is 2. The van der Waals surface area contributed by atoms with Crippen molar-refractivity contribution in [3.05, 3.63) is 34.6 Å². The van der Waals surface area contributed by atoms with Crippen molar-refractivity contribution in [3.63, 3.8) is 0 Å². The average molecular weight is 275 g/mol. The number of benzene rings is 1. The minimum atomic E-state index is -0.589. The van der Waals surface area contributed by atoms with Crippen LogP contribution in [0.25, 0.3) is 0 Å². The third-order valence-corrected chi connectivity index (χ3v) is 2.60. The van der Waals surface area contributed by atoms with Gasteiger partial charge in [-0.15, -0.1) is 0 Å². The summed E-state index contributed by atoms with van der Waals surface area (Å²) < 4.78 is 23.4. The summed E-state index contributed by atoms with van der Waals surface area (Å²) in [5.74, 6) is -0.699. The Morgan fingerprint density at radius 1 is 1.33 bits per heavy atom. The molecule has 0 unspecified atom stereocenters. The first-order chi connectivity index (χ1) is 8.58. The highest BCUT2D eigenvalue weighted by atomic mass is 35.5. The zero-order chi connectivity index (χ0) is 13.5. The van der Waals surface area contributed by atoms with Crippen molar-refractivity contribution in [2.24, 2.45) is 0 Å². The summed E-state index contributed by atoms with van der Waals surface area (Å²) in [6.45, 7) is 4.55. The Labute approximate surface area is 111 Å². The molecule has 0 heterocycles. The molecule has 18 heavy (non-hydrogen) atoms. The van der Waals surface area contributed by atoms with Crippen LogP contribution < -0.4 is 0 Å². The Balaban J connectivity index is 2.73. The van der Waals surface area contributed by atoms with Gasteiger partial charge in [0, 0.05) is 18.8 Å². The number of halogens is 2. The maximum absolute atomic E-state index is 12.9. The van der Waals surface area contributed by atoms with Crippen molar-refractivity contribution in [2.45, 2.75) is 26.6 Å². The van der Waals surface area contributed by atoms with E-state index in [2.05, 4.69) is 0 Å².